The van der Waals surface area contributed by atoms with E-state index in [-0.39, 0.29) is 5.84 Å². The van der Waals surface area contributed by atoms with Crippen LogP contribution in [0.4, 0.5) is 10.1 Å². The van der Waals surface area contributed by atoms with Crippen LogP contribution >= 0.6 is 34.2 Å². The van der Waals surface area contributed by atoms with Crippen molar-refractivity contribution in [1.29, 1.82) is 0 Å². The highest BCUT2D eigenvalue weighted by Gasteiger charge is 2.06. The molecule has 4 nitrogen and oxygen atoms in total. The van der Waals surface area contributed by atoms with E-state index in [2.05, 4.69) is 33.1 Å². The Balaban J connectivity index is 2.18. The zero-order valence-electron chi connectivity index (χ0n) is 10.8. The van der Waals surface area contributed by atoms with Crippen LogP contribution in [-0.4, -0.2) is 11.0 Å². The Bertz CT molecular complexity index is 694. The van der Waals surface area contributed by atoms with E-state index in [4.69, 9.17) is 22.5 Å². The SMILES string of the molecule is N/C(=N/O)c1cc(F)cc(CNc2ccc(Cl)cc2I)c1. The first kappa shape index (κ1) is 15.8. The number of amidine groups is 1. The lowest BCUT2D eigenvalue weighted by Gasteiger charge is -2.10. The Kier molecular flexibility index (Phi) is 5.24. The topological polar surface area (TPSA) is 70.6 Å². The highest BCUT2D eigenvalue weighted by atomic mass is 127. The largest absolute Gasteiger partial charge is 0.409 e. The summed E-state index contributed by atoms with van der Waals surface area (Å²) in [5.74, 6) is -0.571. The molecule has 0 atom stereocenters. The Morgan fingerprint density at radius 1 is 1.33 bits per heavy atom. The van der Waals surface area contributed by atoms with E-state index in [1.165, 1.54) is 12.1 Å². The molecule has 0 unspecified atom stereocenters. The Morgan fingerprint density at radius 2 is 2.10 bits per heavy atom. The number of benzene rings is 2. The maximum absolute atomic E-state index is 13.5. The third-order valence-electron chi connectivity index (χ3n) is 2.78. The lowest BCUT2D eigenvalue weighted by atomic mass is 10.1. The third kappa shape index (κ3) is 4.21. The molecule has 0 heterocycles. The highest BCUT2D eigenvalue weighted by Crippen LogP contribution is 2.23. The van der Waals surface area contributed by atoms with Gasteiger partial charge in [-0.3, -0.25) is 0 Å². The Labute approximate surface area is 139 Å². The van der Waals surface area contributed by atoms with E-state index in [1.807, 2.05) is 12.1 Å². The fourth-order valence-electron chi connectivity index (χ4n) is 1.79. The maximum Gasteiger partial charge on any atom is 0.170 e. The van der Waals surface area contributed by atoms with Crippen molar-refractivity contribution in [3.05, 3.63) is 61.9 Å². The molecule has 0 amide bonds. The smallest absolute Gasteiger partial charge is 0.170 e. The molecule has 2 aromatic carbocycles. The number of halogens is 3. The number of nitrogens with one attached hydrogen (secondary N) is 1. The fourth-order valence-corrected chi connectivity index (χ4v) is 2.85. The van der Waals surface area contributed by atoms with Gasteiger partial charge in [0.1, 0.15) is 5.82 Å². The maximum atomic E-state index is 13.5. The van der Waals surface area contributed by atoms with Crippen LogP contribution in [0.5, 0.6) is 0 Å². The highest BCUT2D eigenvalue weighted by molar-refractivity contribution is 14.1. The number of anilines is 1. The van der Waals surface area contributed by atoms with E-state index in [9.17, 15) is 4.39 Å². The van der Waals surface area contributed by atoms with Crippen molar-refractivity contribution in [1.82, 2.24) is 0 Å². The molecule has 0 radical (unpaired) electrons. The summed E-state index contributed by atoms with van der Waals surface area (Å²) in [6.07, 6.45) is 0. The molecular formula is C14H12ClFIN3O. The summed E-state index contributed by atoms with van der Waals surface area (Å²) < 4.78 is 14.5. The van der Waals surface area contributed by atoms with Crippen molar-refractivity contribution in [3.8, 4) is 0 Å². The standard InChI is InChI=1S/C14H12ClFIN3O/c15-10-1-2-13(12(17)6-10)19-7-8-3-9(14(18)20-21)5-11(16)4-8/h1-6,19,21H,7H2,(H2,18,20). The van der Waals surface area contributed by atoms with Gasteiger partial charge in [0.25, 0.3) is 0 Å². The van der Waals surface area contributed by atoms with Gasteiger partial charge in [-0.15, -0.1) is 0 Å². The van der Waals surface area contributed by atoms with Crippen LogP contribution < -0.4 is 11.1 Å². The van der Waals surface area contributed by atoms with Gasteiger partial charge in [-0.2, -0.15) is 0 Å². The normalized spacial score (nSPS) is 11.5. The van der Waals surface area contributed by atoms with Crippen LogP contribution in [0.1, 0.15) is 11.1 Å². The molecule has 0 fully saturated rings. The summed E-state index contributed by atoms with van der Waals surface area (Å²) in [6.45, 7) is 0.404. The molecule has 0 saturated carbocycles. The summed E-state index contributed by atoms with van der Waals surface area (Å²) in [7, 11) is 0. The zero-order valence-corrected chi connectivity index (χ0v) is 13.7. The molecule has 0 spiro atoms. The number of nitrogens with zero attached hydrogens (tertiary/aromatic N) is 1. The van der Waals surface area contributed by atoms with Crippen molar-refractivity contribution in [2.24, 2.45) is 10.9 Å². The van der Waals surface area contributed by atoms with Crippen LogP contribution in [0.15, 0.2) is 41.6 Å². The summed E-state index contributed by atoms with van der Waals surface area (Å²) in [5.41, 5.74) is 7.39. The first-order chi connectivity index (χ1) is 9.99. The monoisotopic (exact) mass is 419 g/mol. The molecule has 0 aliphatic carbocycles. The minimum absolute atomic E-state index is 0.128. The summed E-state index contributed by atoms with van der Waals surface area (Å²) in [4.78, 5) is 0. The van der Waals surface area contributed by atoms with Gasteiger partial charge in [0, 0.05) is 26.4 Å². The molecule has 2 aromatic rings. The number of oxime groups is 1. The molecule has 0 aliphatic rings. The van der Waals surface area contributed by atoms with Crippen LogP contribution in [-0.2, 0) is 6.54 Å². The minimum Gasteiger partial charge on any atom is -0.409 e. The van der Waals surface area contributed by atoms with E-state index in [1.54, 1.807) is 12.1 Å². The minimum atomic E-state index is -0.443. The summed E-state index contributed by atoms with van der Waals surface area (Å²) in [5, 5.41) is 15.4. The van der Waals surface area contributed by atoms with Crippen molar-refractivity contribution < 1.29 is 9.60 Å². The lowest BCUT2D eigenvalue weighted by molar-refractivity contribution is 0.318. The van der Waals surface area contributed by atoms with Crippen LogP contribution in [0.2, 0.25) is 5.02 Å². The average Bonchev–Trinajstić information content (AvgIpc) is 2.45. The van der Waals surface area contributed by atoms with Crippen LogP contribution in [0.3, 0.4) is 0 Å². The molecule has 0 aromatic heterocycles. The molecule has 0 aliphatic heterocycles. The van der Waals surface area contributed by atoms with Gasteiger partial charge in [-0.25, -0.2) is 4.39 Å². The molecule has 21 heavy (non-hydrogen) atoms. The number of rotatable bonds is 4. The Morgan fingerprint density at radius 3 is 2.76 bits per heavy atom. The quantitative estimate of drug-likeness (QED) is 0.232. The molecule has 0 saturated heterocycles. The third-order valence-corrected chi connectivity index (χ3v) is 3.90. The van der Waals surface area contributed by atoms with Crippen molar-refractivity contribution >= 4 is 45.7 Å². The van der Waals surface area contributed by atoms with Gasteiger partial charge in [0.15, 0.2) is 5.84 Å². The molecule has 110 valence electrons. The van der Waals surface area contributed by atoms with Gasteiger partial charge >= 0.3 is 0 Å². The Hall–Kier alpha value is -1.54. The van der Waals surface area contributed by atoms with Gasteiger partial charge in [-0.05, 0) is 64.6 Å². The van der Waals surface area contributed by atoms with E-state index in [0.717, 1.165) is 9.26 Å². The van der Waals surface area contributed by atoms with Gasteiger partial charge in [-0.1, -0.05) is 16.8 Å². The van der Waals surface area contributed by atoms with Crippen LogP contribution in [0.25, 0.3) is 0 Å². The van der Waals surface area contributed by atoms with E-state index >= 15 is 0 Å². The molecular weight excluding hydrogens is 408 g/mol. The first-order valence-electron chi connectivity index (χ1n) is 5.96. The fraction of sp³-hybridized carbons (Fsp3) is 0.0714. The molecule has 4 N–H and O–H groups in total. The molecule has 2 rings (SSSR count). The molecule has 7 heteroatoms. The molecule has 0 bridgehead atoms. The van der Waals surface area contributed by atoms with Crippen molar-refractivity contribution in [2.75, 3.05) is 5.32 Å². The van der Waals surface area contributed by atoms with Crippen LogP contribution in [0, 0.1) is 9.39 Å². The second kappa shape index (κ2) is 6.95. The van der Waals surface area contributed by atoms with Gasteiger partial charge < -0.3 is 16.3 Å². The lowest BCUT2D eigenvalue weighted by Crippen LogP contribution is -2.14. The number of hydrogen-bond donors (Lipinski definition) is 3. The zero-order chi connectivity index (χ0) is 15.4. The average molecular weight is 420 g/mol. The van der Waals surface area contributed by atoms with E-state index in [0.29, 0.717) is 22.7 Å². The summed E-state index contributed by atoms with van der Waals surface area (Å²) in [6, 6.07) is 9.73. The number of hydrogen-bond acceptors (Lipinski definition) is 3. The predicted molar refractivity (Wildman–Crippen MR) is 90.4 cm³/mol. The second-order valence-electron chi connectivity index (χ2n) is 4.31. The van der Waals surface area contributed by atoms with Crippen molar-refractivity contribution in [2.45, 2.75) is 6.54 Å². The van der Waals surface area contributed by atoms with Gasteiger partial charge in [0.05, 0.1) is 0 Å². The first-order valence-corrected chi connectivity index (χ1v) is 7.41. The number of nitrogens with two attached hydrogens (primary N) is 1. The predicted octanol–water partition coefficient (Wildman–Crippen LogP) is 3.79. The second-order valence-corrected chi connectivity index (χ2v) is 5.91. The van der Waals surface area contributed by atoms with Crippen molar-refractivity contribution in [3.63, 3.8) is 0 Å². The van der Waals surface area contributed by atoms with E-state index < -0.39 is 5.82 Å². The van der Waals surface area contributed by atoms with Gasteiger partial charge in [0.2, 0.25) is 0 Å². The summed E-state index contributed by atoms with van der Waals surface area (Å²) >= 11 is 8.06.